The zero-order valence-electron chi connectivity index (χ0n) is 16.4. The van der Waals surface area contributed by atoms with Crippen LogP contribution in [-0.2, 0) is 26.0 Å². The van der Waals surface area contributed by atoms with Crippen molar-refractivity contribution in [2.45, 2.75) is 25.2 Å². The Morgan fingerprint density at radius 2 is 1.82 bits per heavy atom. The Bertz CT molecular complexity index is 994. The summed E-state index contributed by atoms with van der Waals surface area (Å²) in [5.74, 6) is 0.566. The normalized spacial score (nSPS) is 13.4. The molecule has 7 nitrogen and oxygen atoms in total. The second kappa shape index (κ2) is 7.81. The molecular weight excluding hydrogens is 380 g/mol. The van der Waals surface area contributed by atoms with Crippen LogP contribution in [0.4, 0.5) is 11.4 Å². The lowest BCUT2D eigenvalue weighted by molar-refractivity contribution is -0.122. The third-order valence-electron chi connectivity index (χ3n) is 4.74. The van der Waals surface area contributed by atoms with E-state index in [0.29, 0.717) is 24.4 Å². The zero-order chi connectivity index (χ0) is 20.5. The van der Waals surface area contributed by atoms with E-state index in [2.05, 4.69) is 4.72 Å². The van der Waals surface area contributed by atoms with E-state index in [9.17, 15) is 13.2 Å². The van der Waals surface area contributed by atoms with Crippen LogP contribution in [0.25, 0.3) is 0 Å². The molecule has 8 heteroatoms. The maximum Gasteiger partial charge on any atom is 0.261 e. The van der Waals surface area contributed by atoms with Crippen LogP contribution in [0.5, 0.6) is 5.75 Å². The number of anilines is 2. The van der Waals surface area contributed by atoms with Crippen LogP contribution >= 0.6 is 0 Å². The van der Waals surface area contributed by atoms with Gasteiger partial charge in [0.25, 0.3) is 15.9 Å². The van der Waals surface area contributed by atoms with Gasteiger partial charge in [-0.25, -0.2) is 8.42 Å². The Balaban J connectivity index is 1.86. The highest BCUT2D eigenvalue weighted by Crippen LogP contribution is 2.32. The number of carbonyl (C=O) groups is 1. The number of rotatable bonds is 6. The minimum absolute atomic E-state index is 0.0178. The summed E-state index contributed by atoms with van der Waals surface area (Å²) < 4.78 is 38.5. The van der Waals surface area contributed by atoms with Crippen molar-refractivity contribution in [3.05, 3.63) is 47.0 Å². The first-order valence-corrected chi connectivity index (χ1v) is 10.4. The van der Waals surface area contributed by atoms with Gasteiger partial charge in [-0.3, -0.25) is 9.52 Å². The first-order valence-electron chi connectivity index (χ1n) is 8.87. The molecule has 0 atom stereocenters. The van der Waals surface area contributed by atoms with E-state index in [-0.39, 0.29) is 17.4 Å². The first kappa shape index (κ1) is 20.2. The number of ether oxygens (including phenoxy) is 2. The van der Waals surface area contributed by atoms with Crippen LogP contribution in [0.1, 0.15) is 16.7 Å². The lowest BCUT2D eigenvalue weighted by Crippen LogP contribution is -2.31. The molecule has 1 amide bonds. The van der Waals surface area contributed by atoms with Crippen molar-refractivity contribution in [3.8, 4) is 5.75 Å². The summed E-state index contributed by atoms with van der Waals surface area (Å²) in [6.07, 6.45) is 0.668. The van der Waals surface area contributed by atoms with Crippen molar-refractivity contribution >= 4 is 27.3 Å². The van der Waals surface area contributed by atoms with Crippen molar-refractivity contribution in [1.29, 1.82) is 0 Å². The average molecular weight is 404 g/mol. The van der Waals surface area contributed by atoms with Gasteiger partial charge in [0.2, 0.25) is 0 Å². The molecule has 0 unspecified atom stereocenters. The number of hydrogen-bond donors (Lipinski definition) is 1. The molecule has 0 aliphatic carbocycles. The monoisotopic (exact) mass is 404 g/mol. The highest BCUT2D eigenvalue weighted by molar-refractivity contribution is 7.92. The Kier molecular flexibility index (Phi) is 5.62. The predicted molar refractivity (Wildman–Crippen MR) is 108 cm³/mol. The van der Waals surface area contributed by atoms with Crippen molar-refractivity contribution < 1.29 is 22.7 Å². The predicted octanol–water partition coefficient (Wildman–Crippen LogP) is 2.65. The third kappa shape index (κ3) is 3.83. The molecule has 1 heterocycles. The molecule has 3 rings (SSSR count). The minimum Gasteiger partial charge on any atom is -0.496 e. The number of aryl methyl sites for hydroxylation is 2. The molecule has 0 radical (unpaired) electrons. The molecule has 1 aliphatic heterocycles. The number of carbonyl (C=O) groups excluding carboxylic acids is 1. The molecule has 2 aromatic carbocycles. The van der Waals surface area contributed by atoms with Crippen LogP contribution in [0.2, 0.25) is 0 Å². The third-order valence-corrected chi connectivity index (χ3v) is 6.11. The molecule has 0 saturated heterocycles. The van der Waals surface area contributed by atoms with E-state index in [4.69, 9.17) is 9.47 Å². The number of amides is 1. The standard InChI is InChI=1S/C20H24N2O5S/c1-13-9-17(10-14(2)20(13)27-4)28(24,25)21-16-5-6-18-15(11-16)7-8-22(18)19(23)12-26-3/h5-6,9-11,21H,7-8,12H2,1-4H3. The number of methoxy groups -OCH3 is 2. The lowest BCUT2D eigenvalue weighted by Gasteiger charge is -2.17. The fourth-order valence-electron chi connectivity index (χ4n) is 3.53. The van der Waals surface area contributed by atoms with E-state index in [1.54, 1.807) is 42.3 Å². The Labute approximate surface area is 165 Å². The van der Waals surface area contributed by atoms with Gasteiger partial charge in [-0.1, -0.05) is 0 Å². The molecule has 1 aliphatic rings. The quantitative estimate of drug-likeness (QED) is 0.800. The number of fused-ring (bicyclic) bond motifs is 1. The van der Waals surface area contributed by atoms with E-state index in [1.165, 1.54) is 7.11 Å². The minimum atomic E-state index is -3.75. The van der Waals surface area contributed by atoms with Gasteiger partial charge in [0.1, 0.15) is 12.4 Å². The highest BCUT2D eigenvalue weighted by Gasteiger charge is 2.25. The van der Waals surface area contributed by atoms with E-state index in [0.717, 1.165) is 22.4 Å². The van der Waals surface area contributed by atoms with Gasteiger partial charge in [0, 0.05) is 25.0 Å². The van der Waals surface area contributed by atoms with Gasteiger partial charge < -0.3 is 14.4 Å². The van der Waals surface area contributed by atoms with Crippen LogP contribution in [0, 0.1) is 13.8 Å². The van der Waals surface area contributed by atoms with E-state index in [1.807, 2.05) is 13.8 Å². The number of sulfonamides is 1. The van der Waals surface area contributed by atoms with Crippen LogP contribution < -0.4 is 14.4 Å². The second-order valence-corrected chi connectivity index (χ2v) is 8.45. The fourth-order valence-corrected chi connectivity index (χ4v) is 4.75. The summed E-state index contributed by atoms with van der Waals surface area (Å²) >= 11 is 0. The van der Waals surface area contributed by atoms with Crippen molar-refractivity contribution in [1.82, 2.24) is 0 Å². The Morgan fingerprint density at radius 3 is 2.43 bits per heavy atom. The molecule has 0 fully saturated rings. The molecular formula is C20H24N2O5S. The summed E-state index contributed by atoms with van der Waals surface area (Å²) in [6.45, 7) is 4.20. The summed E-state index contributed by atoms with van der Waals surface area (Å²) in [5.41, 5.74) is 3.69. The largest absolute Gasteiger partial charge is 0.496 e. The molecule has 2 aromatic rings. The molecule has 0 spiro atoms. The van der Waals surface area contributed by atoms with Crippen LogP contribution in [0.15, 0.2) is 35.2 Å². The highest BCUT2D eigenvalue weighted by atomic mass is 32.2. The van der Waals surface area contributed by atoms with Crippen LogP contribution in [0.3, 0.4) is 0 Å². The fraction of sp³-hybridized carbons (Fsp3) is 0.350. The Morgan fingerprint density at radius 1 is 1.14 bits per heavy atom. The average Bonchev–Trinajstić information content (AvgIpc) is 3.04. The first-order chi connectivity index (χ1) is 13.3. The number of nitrogens with zero attached hydrogens (tertiary/aromatic N) is 1. The molecule has 28 heavy (non-hydrogen) atoms. The molecule has 0 saturated carbocycles. The molecule has 0 aromatic heterocycles. The van der Waals surface area contributed by atoms with Gasteiger partial charge >= 0.3 is 0 Å². The van der Waals surface area contributed by atoms with Crippen molar-refractivity contribution in [2.24, 2.45) is 0 Å². The van der Waals surface area contributed by atoms with Crippen molar-refractivity contribution in [2.75, 3.05) is 37.0 Å². The van der Waals surface area contributed by atoms with E-state index < -0.39 is 10.0 Å². The van der Waals surface area contributed by atoms with Crippen molar-refractivity contribution in [3.63, 3.8) is 0 Å². The molecule has 0 bridgehead atoms. The number of hydrogen-bond acceptors (Lipinski definition) is 5. The Hall–Kier alpha value is -2.58. The SMILES string of the molecule is COCC(=O)N1CCc2cc(NS(=O)(=O)c3cc(C)c(OC)c(C)c3)ccc21. The topological polar surface area (TPSA) is 84.9 Å². The lowest BCUT2D eigenvalue weighted by atomic mass is 10.1. The van der Waals surface area contributed by atoms with Gasteiger partial charge in [-0.15, -0.1) is 0 Å². The molecule has 150 valence electrons. The molecule has 1 N–H and O–H groups in total. The smallest absolute Gasteiger partial charge is 0.261 e. The second-order valence-electron chi connectivity index (χ2n) is 6.77. The maximum atomic E-state index is 12.8. The maximum absolute atomic E-state index is 12.8. The van der Waals surface area contributed by atoms with Gasteiger partial charge in [-0.05, 0) is 67.3 Å². The zero-order valence-corrected chi connectivity index (χ0v) is 17.2. The summed E-state index contributed by atoms with van der Waals surface area (Å²) in [7, 11) is -0.701. The van der Waals surface area contributed by atoms with Gasteiger partial charge in [0.05, 0.1) is 12.0 Å². The summed E-state index contributed by atoms with van der Waals surface area (Å²) in [6, 6.07) is 8.38. The summed E-state index contributed by atoms with van der Waals surface area (Å²) in [4.78, 5) is 13.9. The van der Waals surface area contributed by atoms with E-state index >= 15 is 0 Å². The number of nitrogens with one attached hydrogen (secondary N) is 1. The van der Waals surface area contributed by atoms with Crippen LogP contribution in [-0.4, -0.2) is 41.7 Å². The number of benzene rings is 2. The van der Waals surface area contributed by atoms with Gasteiger partial charge in [0.15, 0.2) is 0 Å². The summed E-state index contributed by atoms with van der Waals surface area (Å²) in [5, 5.41) is 0. The van der Waals surface area contributed by atoms with Gasteiger partial charge in [-0.2, -0.15) is 0 Å².